The molecule has 0 aromatic heterocycles. The maximum atomic E-state index is 13.3. The summed E-state index contributed by atoms with van der Waals surface area (Å²) in [7, 11) is 0. The van der Waals surface area contributed by atoms with Gasteiger partial charge in [0.25, 0.3) is 0 Å². The van der Waals surface area contributed by atoms with Crippen molar-refractivity contribution in [2.24, 2.45) is 5.73 Å². The molecule has 20 heavy (non-hydrogen) atoms. The highest BCUT2D eigenvalue weighted by Crippen LogP contribution is 2.27. The van der Waals surface area contributed by atoms with Gasteiger partial charge >= 0.3 is 0 Å². The summed E-state index contributed by atoms with van der Waals surface area (Å²) in [6.45, 7) is 1.82. The van der Waals surface area contributed by atoms with Crippen molar-refractivity contribution in [3.8, 4) is 0 Å². The van der Waals surface area contributed by atoms with E-state index in [2.05, 4.69) is 0 Å². The number of nitrogens with two attached hydrogens (primary N) is 1. The number of anilines is 1. The van der Waals surface area contributed by atoms with Gasteiger partial charge in [0, 0.05) is 12.5 Å². The lowest BCUT2D eigenvalue weighted by Gasteiger charge is -2.12. The second-order valence-corrected chi connectivity index (χ2v) is 4.25. The molecule has 1 aromatic carbocycles. The highest BCUT2D eigenvalue weighted by atomic mass is 19.2. The largest absolute Gasteiger partial charge is 0.327 e. The Morgan fingerprint density at radius 1 is 1.05 bits per heavy atom. The Morgan fingerprint density at radius 2 is 1.50 bits per heavy atom. The van der Waals surface area contributed by atoms with E-state index in [1.54, 1.807) is 5.32 Å². The number of carbonyl (C=O) groups is 1. The molecule has 0 radical (unpaired) electrons. The van der Waals surface area contributed by atoms with Crippen LogP contribution in [-0.4, -0.2) is 11.9 Å². The highest BCUT2D eigenvalue weighted by molar-refractivity contribution is 5.91. The number of rotatable bonds is 5. The van der Waals surface area contributed by atoms with Crippen molar-refractivity contribution in [3.05, 3.63) is 29.1 Å². The lowest BCUT2D eigenvalue weighted by molar-refractivity contribution is -0.116. The highest BCUT2D eigenvalue weighted by Gasteiger charge is 2.27. The molecule has 1 rings (SSSR count). The summed E-state index contributed by atoms with van der Waals surface area (Å²) in [6.07, 6.45) is 0.898. The molecular formula is C12H13F5N2O. The minimum Gasteiger partial charge on any atom is -0.327 e. The molecule has 0 spiro atoms. The molecule has 0 saturated carbocycles. The first-order valence-electron chi connectivity index (χ1n) is 5.86. The fraction of sp³-hybridized carbons (Fsp3) is 0.417. The van der Waals surface area contributed by atoms with Crippen LogP contribution in [0.2, 0.25) is 0 Å². The Balaban J connectivity index is 2.96. The van der Waals surface area contributed by atoms with Crippen LogP contribution >= 0.6 is 0 Å². The molecule has 1 unspecified atom stereocenters. The third-order valence-electron chi connectivity index (χ3n) is 2.58. The number of carbonyl (C=O) groups excluding carboxylic acids is 1. The lowest BCUT2D eigenvalue weighted by Crippen LogP contribution is -2.27. The van der Waals surface area contributed by atoms with E-state index < -0.39 is 46.7 Å². The zero-order chi connectivity index (χ0) is 15.4. The summed E-state index contributed by atoms with van der Waals surface area (Å²) >= 11 is 0. The Morgan fingerprint density at radius 3 is 1.95 bits per heavy atom. The van der Waals surface area contributed by atoms with Gasteiger partial charge in [-0.1, -0.05) is 13.3 Å². The number of halogens is 5. The second-order valence-electron chi connectivity index (χ2n) is 4.25. The summed E-state index contributed by atoms with van der Waals surface area (Å²) in [5.74, 6) is -11.6. The predicted molar refractivity (Wildman–Crippen MR) is 62.4 cm³/mol. The van der Waals surface area contributed by atoms with Crippen LogP contribution in [0, 0.1) is 29.1 Å². The van der Waals surface area contributed by atoms with Gasteiger partial charge in [-0.25, -0.2) is 22.0 Å². The average Bonchev–Trinajstić information content (AvgIpc) is 2.39. The minimum absolute atomic E-state index is 0.284. The van der Waals surface area contributed by atoms with Gasteiger partial charge in [0.05, 0.1) is 0 Å². The normalized spacial score (nSPS) is 12.3. The summed E-state index contributed by atoms with van der Waals surface area (Å²) < 4.78 is 65.1. The third-order valence-corrected chi connectivity index (χ3v) is 2.58. The van der Waals surface area contributed by atoms with Crippen molar-refractivity contribution in [1.29, 1.82) is 0 Å². The first-order chi connectivity index (χ1) is 9.29. The van der Waals surface area contributed by atoms with Crippen LogP contribution < -0.4 is 11.1 Å². The van der Waals surface area contributed by atoms with Gasteiger partial charge in [0.15, 0.2) is 23.3 Å². The molecular weight excluding hydrogens is 283 g/mol. The molecule has 8 heteroatoms. The molecule has 112 valence electrons. The van der Waals surface area contributed by atoms with Crippen molar-refractivity contribution in [1.82, 2.24) is 0 Å². The van der Waals surface area contributed by atoms with E-state index in [0.29, 0.717) is 12.8 Å². The van der Waals surface area contributed by atoms with Crippen LogP contribution in [0.15, 0.2) is 0 Å². The standard InChI is InChI=1S/C12H13F5N2O/c1-2-3-5(18)4-6(20)19-12-10(16)8(14)7(13)9(15)11(12)17/h5H,2-4,18H2,1H3,(H,19,20). The van der Waals surface area contributed by atoms with E-state index in [0.717, 1.165) is 0 Å². The van der Waals surface area contributed by atoms with Crippen molar-refractivity contribution in [3.63, 3.8) is 0 Å². The van der Waals surface area contributed by atoms with Crippen LogP contribution in [0.1, 0.15) is 26.2 Å². The molecule has 0 fully saturated rings. The smallest absolute Gasteiger partial charge is 0.226 e. The molecule has 0 bridgehead atoms. The Bertz CT molecular complexity index is 492. The van der Waals surface area contributed by atoms with E-state index in [1.807, 2.05) is 6.92 Å². The number of amides is 1. The van der Waals surface area contributed by atoms with Crippen LogP contribution in [0.4, 0.5) is 27.6 Å². The van der Waals surface area contributed by atoms with Gasteiger partial charge in [-0.3, -0.25) is 4.79 Å². The van der Waals surface area contributed by atoms with Crippen molar-refractivity contribution >= 4 is 11.6 Å². The monoisotopic (exact) mass is 296 g/mol. The molecule has 1 atom stereocenters. The van der Waals surface area contributed by atoms with E-state index in [-0.39, 0.29) is 6.42 Å². The van der Waals surface area contributed by atoms with Crippen molar-refractivity contribution < 1.29 is 26.7 Å². The molecule has 1 amide bonds. The van der Waals surface area contributed by atoms with Crippen molar-refractivity contribution in [2.45, 2.75) is 32.2 Å². The van der Waals surface area contributed by atoms with Gasteiger partial charge in [-0.05, 0) is 6.42 Å². The molecule has 1 aromatic rings. The maximum absolute atomic E-state index is 13.3. The van der Waals surface area contributed by atoms with Crippen molar-refractivity contribution in [2.75, 3.05) is 5.32 Å². The molecule has 0 saturated heterocycles. The van der Waals surface area contributed by atoms with E-state index in [4.69, 9.17) is 5.73 Å². The first-order valence-corrected chi connectivity index (χ1v) is 5.86. The summed E-state index contributed by atoms with van der Waals surface area (Å²) in [5.41, 5.74) is 4.18. The Kier molecular flexibility index (Phi) is 5.43. The molecule has 0 aliphatic heterocycles. The van der Waals surface area contributed by atoms with Gasteiger partial charge in [0.1, 0.15) is 5.69 Å². The van der Waals surface area contributed by atoms with E-state index in [1.165, 1.54) is 0 Å². The third kappa shape index (κ3) is 3.44. The number of benzene rings is 1. The van der Waals surface area contributed by atoms with Crippen LogP contribution in [0.3, 0.4) is 0 Å². The van der Waals surface area contributed by atoms with Gasteiger partial charge in [-0.2, -0.15) is 0 Å². The molecule has 0 aliphatic rings. The topological polar surface area (TPSA) is 55.1 Å². The molecule has 3 N–H and O–H groups in total. The average molecular weight is 296 g/mol. The van der Waals surface area contributed by atoms with Crippen LogP contribution in [0.25, 0.3) is 0 Å². The van der Waals surface area contributed by atoms with Crippen LogP contribution in [-0.2, 0) is 4.79 Å². The molecule has 3 nitrogen and oxygen atoms in total. The Hall–Kier alpha value is -1.70. The summed E-state index contributed by atoms with van der Waals surface area (Å²) in [6, 6.07) is -0.554. The number of hydrogen-bond donors (Lipinski definition) is 2. The maximum Gasteiger partial charge on any atom is 0.226 e. The minimum atomic E-state index is -2.28. The first kappa shape index (κ1) is 16.4. The Labute approximate surface area is 112 Å². The van der Waals surface area contributed by atoms with E-state index >= 15 is 0 Å². The summed E-state index contributed by atoms with van der Waals surface area (Å²) in [4.78, 5) is 11.4. The number of hydrogen-bond acceptors (Lipinski definition) is 2. The zero-order valence-electron chi connectivity index (χ0n) is 10.6. The van der Waals surface area contributed by atoms with Gasteiger partial charge < -0.3 is 11.1 Å². The van der Waals surface area contributed by atoms with Gasteiger partial charge in [-0.15, -0.1) is 0 Å². The van der Waals surface area contributed by atoms with Gasteiger partial charge in [0.2, 0.25) is 11.7 Å². The zero-order valence-corrected chi connectivity index (χ0v) is 10.6. The quantitative estimate of drug-likeness (QED) is 0.499. The fourth-order valence-corrected chi connectivity index (χ4v) is 1.62. The predicted octanol–water partition coefficient (Wildman–Crippen LogP) is 2.84. The van der Waals surface area contributed by atoms with E-state index in [9.17, 15) is 26.7 Å². The molecule has 0 aliphatic carbocycles. The fourth-order valence-electron chi connectivity index (χ4n) is 1.62. The lowest BCUT2D eigenvalue weighted by atomic mass is 10.1. The summed E-state index contributed by atoms with van der Waals surface area (Å²) in [5, 5.41) is 1.66. The van der Waals surface area contributed by atoms with Crippen LogP contribution in [0.5, 0.6) is 0 Å². The number of nitrogens with one attached hydrogen (secondary N) is 1. The second kappa shape index (κ2) is 6.65. The molecule has 0 heterocycles. The SMILES string of the molecule is CCCC(N)CC(=O)Nc1c(F)c(F)c(F)c(F)c1F.